The maximum atomic E-state index is 4.36. The van der Waals surface area contributed by atoms with Crippen molar-refractivity contribution in [3.63, 3.8) is 0 Å². The molecule has 0 radical (unpaired) electrons. The minimum absolute atomic E-state index is 0.834. The number of halogens is 1. The Morgan fingerprint density at radius 3 is 3.00 bits per heavy atom. The first-order valence-corrected chi connectivity index (χ1v) is 5.24. The van der Waals surface area contributed by atoms with Gasteiger partial charge in [0, 0.05) is 18.9 Å². The molecular weight excluding hydrogens is 242 g/mol. The molecular formula is C10H10BrN3. The summed E-state index contributed by atoms with van der Waals surface area (Å²) >= 11 is 3.35. The third-order valence-corrected chi connectivity index (χ3v) is 2.44. The Morgan fingerprint density at radius 2 is 2.29 bits per heavy atom. The highest BCUT2D eigenvalue weighted by Crippen LogP contribution is 2.17. The minimum Gasteiger partial charge on any atom is -0.330 e. The van der Waals surface area contributed by atoms with Crippen LogP contribution in [0.2, 0.25) is 0 Å². The van der Waals surface area contributed by atoms with Crippen molar-refractivity contribution in [2.75, 3.05) is 0 Å². The molecule has 0 aliphatic rings. The lowest BCUT2D eigenvalue weighted by Gasteiger charge is -2.03. The molecule has 0 aliphatic heterocycles. The van der Waals surface area contributed by atoms with E-state index in [1.165, 1.54) is 0 Å². The van der Waals surface area contributed by atoms with E-state index in [0.29, 0.717) is 0 Å². The Bertz CT molecular complexity index is 436. The van der Waals surface area contributed by atoms with E-state index in [0.717, 1.165) is 22.7 Å². The van der Waals surface area contributed by atoms with Crippen LogP contribution in [-0.2, 0) is 6.54 Å². The molecule has 0 aliphatic carbocycles. The van der Waals surface area contributed by atoms with Gasteiger partial charge in [0.1, 0.15) is 10.3 Å². The Morgan fingerprint density at radius 1 is 1.43 bits per heavy atom. The Kier molecular flexibility index (Phi) is 2.63. The molecule has 72 valence electrons. The summed E-state index contributed by atoms with van der Waals surface area (Å²) in [6.07, 6.45) is 3.75. The van der Waals surface area contributed by atoms with Crippen LogP contribution in [0.25, 0.3) is 11.5 Å². The zero-order valence-corrected chi connectivity index (χ0v) is 9.40. The van der Waals surface area contributed by atoms with Gasteiger partial charge in [0.15, 0.2) is 5.82 Å². The number of pyridine rings is 1. The van der Waals surface area contributed by atoms with Gasteiger partial charge in [-0.05, 0) is 35.0 Å². The van der Waals surface area contributed by atoms with E-state index in [1.54, 1.807) is 6.20 Å². The third-order valence-electron chi connectivity index (χ3n) is 2.00. The molecule has 3 nitrogen and oxygen atoms in total. The second kappa shape index (κ2) is 3.92. The fourth-order valence-electron chi connectivity index (χ4n) is 1.33. The number of hydrogen-bond acceptors (Lipinski definition) is 2. The Labute approximate surface area is 90.9 Å². The molecule has 0 saturated heterocycles. The zero-order chi connectivity index (χ0) is 9.97. The molecule has 0 spiro atoms. The number of nitrogens with zero attached hydrogens (tertiary/aromatic N) is 3. The smallest absolute Gasteiger partial charge is 0.158 e. The van der Waals surface area contributed by atoms with Crippen LogP contribution < -0.4 is 0 Å². The predicted octanol–water partition coefficient (Wildman–Crippen LogP) is 2.73. The van der Waals surface area contributed by atoms with Crippen molar-refractivity contribution in [1.82, 2.24) is 14.5 Å². The molecule has 2 heterocycles. The van der Waals surface area contributed by atoms with E-state index in [9.17, 15) is 0 Å². The molecule has 0 aromatic carbocycles. The lowest BCUT2D eigenvalue weighted by Crippen LogP contribution is -1.97. The van der Waals surface area contributed by atoms with Crippen molar-refractivity contribution in [1.29, 1.82) is 0 Å². The average Bonchev–Trinajstić information content (AvgIpc) is 2.65. The van der Waals surface area contributed by atoms with Gasteiger partial charge >= 0.3 is 0 Å². The second-order valence-electron chi connectivity index (χ2n) is 2.88. The summed E-state index contributed by atoms with van der Waals surface area (Å²) in [5, 5.41) is 0. The lowest BCUT2D eigenvalue weighted by molar-refractivity contribution is 0.768. The molecule has 0 unspecified atom stereocenters. The summed E-state index contributed by atoms with van der Waals surface area (Å²) in [7, 11) is 0. The van der Waals surface area contributed by atoms with Gasteiger partial charge in [-0.25, -0.2) is 9.97 Å². The zero-order valence-electron chi connectivity index (χ0n) is 7.81. The fourth-order valence-corrected chi connectivity index (χ4v) is 1.67. The largest absolute Gasteiger partial charge is 0.330 e. The highest BCUT2D eigenvalue weighted by Gasteiger charge is 2.05. The molecule has 4 heteroatoms. The van der Waals surface area contributed by atoms with Crippen LogP contribution >= 0.6 is 15.9 Å². The molecule has 2 aromatic heterocycles. The molecule has 0 fully saturated rings. The molecule has 0 atom stereocenters. The van der Waals surface area contributed by atoms with Crippen LogP contribution in [0.5, 0.6) is 0 Å². The van der Waals surface area contributed by atoms with E-state index in [2.05, 4.69) is 37.4 Å². The molecule has 0 bridgehead atoms. The van der Waals surface area contributed by atoms with Crippen LogP contribution in [0.15, 0.2) is 35.2 Å². The van der Waals surface area contributed by atoms with Crippen molar-refractivity contribution < 1.29 is 0 Å². The summed E-state index contributed by atoms with van der Waals surface area (Å²) in [5.74, 6) is 0.911. The number of hydrogen-bond donors (Lipinski definition) is 0. The number of aryl methyl sites for hydroxylation is 1. The molecule has 14 heavy (non-hydrogen) atoms. The van der Waals surface area contributed by atoms with Crippen LogP contribution in [0.1, 0.15) is 6.92 Å². The highest BCUT2D eigenvalue weighted by molar-refractivity contribution is 9.10. The van der Waals surface area contributed by atoms with E-state index < -0.39 is 0 Å². The van der Waals surface area contributed by atoms with Crippen molar-refractivity contribution >= 4 is 15.9 Å². The molecule has 0 N–H and O–H groups in total. The Hall–Kier alpha value is -1.16. The monoisotopic (exact) mass is 251 g/mol. The topological polar surface area (TPSA) is 30.7 Å². The van der Waals surface area contributed by atoms with Crippen LogP contribution in [0.3, 0.4) is 0 Å². The van der Waals surface area contributed by atoms with Gasteiger partial charge in [-0.15, -0.1) is 0 Å². The van der Waals surface area contributed by atoms with Gasteiger partial charge in [0.05, 0.1) is 0 Å². The van der Waals surface area contributed by atoms with Crippen molar-refractivity contribution in [2.45, 2.75) is 13.5 Å². The summed E-state index contributed by atoms with van der Waals surface area (Å²) < 4.78 is 2.90. The number of aromatic nitrogens is 3. The van der Waals surface area contributed by atoms with Crippen LogP contribution in [0.4, 0.5) is 0 Å². The van der Waals surface area contributed by atoms with Crippen molar-refractivity contribution in [3.05, 3.63) is 35.2 Å². The van der Waals surface area contributed by atoms with Crippen LogP contribution in [0, 0.1) is 0 Å². The summed E-state index contributed by atoms with van der Waals surface area (Å²) in [5.41, 5.74) is 0.895. The van der Waals surface area contributed by atoms with E-state index >= 15 is 0 Å². The minimum atomic E-state index is 0.834. The highest BCUT2D eigenvalue weighted by atomic mass is 79.9. The van der Waals surface area contributed by atoms with E-state index in [1.807, 2.05) is 24.4 Å². The third kappa shape index (κ3) is 1.70. The maximum Gasteiger partial charge on any atom is 0.158 e. The molecule has 2 aromatic rings. The summed E-state index contributed by atoms with van der Waals surface area (Å²) in [6.45, 7) is 2.99. The lowest BCUT2D eigenvalue weighted by atomic mass is 10.3. The first-order valence-electron chi connectivity index (χ1n) is 4.45. The second-order valence-corrected chi connectivity index (χ2v) is 3.69. The quantitative estimate of drug-likeness (QED) is 0.769. The molecule has 0 saturated carbocycles. The van der Waals surface area contributed by atoms with Gasteiger partial charge in [-0.1, -0.05) is 6.07 Å². The SMILES string of the molecule is CCn1ccnc1-c1cccc(Br)n1. The summed E-state index contributed by atoms with van der Waals surface area (Å²) in [6, 6.07) is 5.82. The van der Waals surface area contributed by atoms with Crippen molar-refractivity contribution in [3.8, 4) is 11.5 Å². The fraction of sp³-hybridized carbons (Fsp3) is 0.200. The van der Waals surface area contributed by atoms with Gasteiger partial charge in [-0.2, -0.15) is 0 Å². The van der Waals surface area contributed by atoms with Gasteiger partial charge in [0.25, 0.3) is 0 Å². The van der Waals surface area contributed by atoms with Gasteiger partial charge in [0.2, 0.25) is 0 Å². The molecule has 2 rings (SSSR count). The maximum absolute atomic E-state index is 4.36. The average molecular weight is 252 g/mol. The van der Waals surface area contributed by atoms with Crippen LogP contribution in [-0.4, -0.2) is 14.5 Å². The van der Waals surface area contributed by atoms with E-state index in [4.69, 9.17) is 0 Å². The first-order chi connectivity index (χ1) is 6.81. The normalized spacial score (nSPS) is 10.4. The predicted molar refractivity (Wildman–Crippen MR) is 58.8 cm³/mol. The standard InChI is InChI=1S/C10H10BrN3/c1-2-14-7-6-12-10(14)8-4-3-5-9(11)13-8/h3-7H,2H2,1H3. The van der Waals surface area contributed by atoms with Gasteiger partial charge < -0.3 is 4.57 Å². The molecule has 0 amide bonds. The summed E-state index contributed by atoms with van der Waals surface area (Å²) in [4.78, 5) is 8.64. The van der Waals surface area contributed by atoms with Gasteiger partial charge in [-0.3, -0.25) is 0 Å². The number of rotatable bonds is 2. The first kappa shape index (κ1) is 9.40. The van der Waals surface area contributed by atoms with E-state index in [-0.39, 0.29) is 0 Å². The number of imidazole rings is 1. The van der Waals surface area contributed by atoms with Crippen molar-refractivity contribution in [2.24, 2.45) is 0 Å². The Balaban J connectivity index is 2.49.